The summed E-state index contributed by atoms with van der Waals surface area (Å²) in [4.78, 5) is 36.5. The van der Waals surface area contributed by atoms with Crippen molar-refractivity contribution in [2.45, 2.75) is 62.9 Å². The van der Waals surface area contributed by atoms with Crippen LogP contribution in [0.1, 0.15) is 26.7 Å². The Kier molecular flexibility index (Phi) is 8.34. The number of aliphatic hydroxyl groups excluding tert-OH is 2. The zero-order chi connectivity index (χ0) is 25.8. The molecular formula is C20H27F3N4O7. The Hall–Kier alpha value is -3.10. The van der Waals surface area contributed by atoms with Gasteiger partial charge in [-0.2, -0.15) is 0 Å². The number of rotatable bonds is 7. The van der Waals surface area contributed by atoms with Gasteiger partial charge in [-0.15, -0.1) is 13.2 Å². The molecule has 1 aromatic rings. The van der Waals surface area contributed by atoms with Gasteiger partial charge in [-0.1, -0.05) is 13.8 Å². The van der Waals surface area contributed by atoms with Crippen molar-refractivity contribution in [2.24, 2.45) is 11.7 Å². The molecule has 5 atom stereocenters. The number of benzene rings is 1. The molecule has 1 aliphatic carbocycles. The van der Waals surface area contributed by atoms with Crippen LogP contribution in [0, 0.1) is 5.92 Å². The average molecular weight is 492 g/mol. The average Bonchev–Trinajstić information content (AvgIpc) is 2.69. The molecular weight excluding hydrogens is 465 g/mol. The third kappa shape index (κ3) is 7.20. The maximum absolute atomic E-state index is 12.7. The highest BCUT2D eigenvalue weighted by molar-refractivity contribution is 5.92. The quantitative estimate of drug-likeness (QED) is 0.278. The fraction of sp³-hybridized carbons (Fsp3) is 0.550. The van der Waals surface area contributed by atoms with Crippen LogP contribution in [0.2, 0.25) is 0 Å². The number of ether oxygens (including phenoxy) is 1. The summed E-state index contributed by atoms with van der Waals surface area (Å²) in [6.07, 6.45) is -9.09. The lowest BCUT2D eigenvalue weighted by Gasteiger charge is -2.42. The molecule has 0 aliphatic heterocycles. The van der Waals surface area contributed by atoms with E-state index in [-0.39, 0.29) is 5.69 Å². The van der Waals surface area contributed by atoms with Crippen molar-refractivity contribution in [3.05, 3.63) is 24.3 Å². The number of halogens is 3. The van der Waals surface area contributed by atoms with Crippen LogP contribution in [0.15, 0.2) is 24.3 Å². The summed E-state index contributed by atoms with van der Waals surface area (Å²) in [5, 5.41) is 38.1. The van der Waals surface area contributed by atoms with Gasteiger partial charge >= 0.3 is 12.4 Å². The van der Waals surface area contributed by atoms with Gasteiger partial charge in [-0.05, 0) is 30.2 Å². The Morgan fingerprint density at radius 3 is 2.24 bits per heavy atom. The van der Waals surface area contributed by atoms with Crippen molar-refractivity contribution >= 4 is 23.5 Å². The molecule has 0 bridgehead atoms. The smallest absolute Gasteiger partial charge is 0.406 e. The molecule has 0 heterocycles. The lowest BCUT2D eigenvalue weighted by Crippen LogP contribution is -2.64. The van der Waals surface area contributed by atoms with E-state index in [9.17, 15) is 42.9 Å². The topological polar surface area (TPSA) is 183 Å². The van der Waals surface area contributed by atoms with E-state index in [4.69, 9.17) is 5.73 Å². The molecule has 0 radical (unpaired) electrons. The van der Waals surface area contributed by atoms with E-state index in [1.54, 1.807) is 13.8 Å². The van der Waals surface area contributed by atoms with E-state index >= 15 is 0 Å². The lowest BCUT2D eigenvalue weighted by atomic mass is 9.77. The number of hydrogen-bond acceptors (Lipinski definition) is 7. The summed E-state index contributed by atoms with van der Waals surface area (Å²) in [6, 6.07) is 0.879. The molecule has 2 rings (SSSR count). The third-order valence-corrected chi connectivity index (χ3v) is 5.26. The van der Waals surface area contributed by atoms with E-state index in [0.29, 0.717) is 0 Å². The Bertz CT molecular complexity index is 897. The number of nitrogens with one attached hydrogen (secondary N) is 3. The summed E-state index contributed by atoms with van der Waals surface area (Å²) in [5.41, 5.74) is 3.10. The van der Waals surface area contributed by atoms with E-state index in [0.717, 1.165) is 24.3 Å². The van der Waals surface area contributed by atoms with Gasteiger partial charge in [0, 0.05) is 18.5 Å². The molecule has 1 fully saturated rings. The fourth-order valence-corrected chi connectivity index (χ4v) is 3.54. The second-order valence-corrected chi connectivity index (χ2v) is 8.37. The van der Waals surface area contributed by atoms with Gasteiger partial charge < -0.3 is 41.7 Å². The van der Waals surface area contributed by atoms with Crippen molar-refractivity contribution in [3.8, 4) is 5.75 Å². The molecule has 14 heteroatoms. The van der Waals surface area contributed by atoms with E-state index < -0.39 is 78.6 Å². The van der Waals surface area contributed by atoms with Crippen LogP contribution in [0.4, 0.5) is 23.7 Å². The van der Waals surface area contributed by atoms with Gasteiger partial charge in [-0.25, -0.2) is 4.79 Å². The molecule has 4 amide bonds. The molecule has 0 saturated heterocycles. The first kappa shape index (κ1) is 27.1. The Balaban J connectivity index is 2.05. The minimum atomic E-state index is -4.88. The molecule has 190 valence electrons. The third-order valence-electron chi connectivity index (χ3n) is 5.26. The van der Waals surface area contributed by atoms with Crippen molar-refractivity contribution in [3.63, 3.8) is 0 Å². The zero-order valence-corrected chi connectivity index (χ0v) is 18.3. The SMILES string of the molecule is CC(C)[C@@H](NC(=O)[C@]1(O)C[C@@H](O)[C@H](O)[C@@H](NC(=O)Nc2ccc(OC(F)(F)F)cc2)C1)C(N)=O. The second kappa shape index (κ2) is 10.4. The number of amides is 4. The lowest BCUT2D eigenvalue weighted by molar-refractivity contribution is -0.274. The maximum atomic E-state index is 12.7. The number of primary amides is 1. The number of carbonyl (C=O) groups excluding carboxylic acids is 3. The van der Waals surface area contributed by atoms with Gasteiger partial charge in [0.15, 0.2) is 0 Å². The minimum absolute atomic E-state index is 0.0760. The molecule has 0 unspecified atom stereocenters. The highest BCUT2D eigenvalue weighted by Crippen LogP contribution is 2.30. The minimum Gasteiger partial charge on any atom is -0.406 e. The number of anilines is 1. The normalized spacial score (nSPS) is 25.9. The number of aliphatic hydroxyl groups is 3. The van der Waals surface area contributed by atoms with Crippen molar-refractivity contribution in [1.29, 1.82) is 0 Å². The fourth-order valence-electron chi connectivity index (χ4n) is 3.54. The number of nitrogens with two attached hydrogens (primary N) is 1. The molecule has 34 heavy (non-hydrogen) atoms. The Labute approximate surface area is 192 Å². The van der Waals surface area contributed by atoms with E-state index in [1.807, 2.05) is 0 Å². The van der Waals surface area contributed by atoms with Gasteiger partial charge in [0.05, 0.1) is 12.1 Å². The van der Waals surface area contributed by atoms with Crippen molar-refractivity contribution in [1.82, 2.24) is 10.6 Å². The summed E-state index contributed by atoms with van der Waals surface area (Å²) in [7, 11) is 0. The van der Waals surface area contributed by atoms with Crippen LogP contribution in [-0.2, 0) is 9.59 Å². The predicted octanol–water partition coefficient (Wildman–Crippen LogP) is -0.0519. The van der Waals surface area contributed by atoms with Crippen molar-refractivity contribution in [2.75, 3.05) is 5.32 Å². The van der Waals surface area contributed by atoms with Crippen LogP contribution < -0.4 is 26.4 Å². The van der Waals surface area contributed by atoms with Crippen LogP contribution in [-0.4, -0.2) is 69.4 Å². The summed E-state index contributed by atoms with van der Waals surface area (Å²) in [6.45, 7) is 3.24. The number of alkyl halides is 3. The van der Waals surface area contributed by atoms with E-state index in [2.05, 4.69) is 20.7 Å². The van der Waals surface area contributed by atoms with Crippen molar-refractivity contribution < 1.29 is 47.6 Å². The van der Waals surface area contributed by atoms with Crippen LogP contribution >= 0.6 is 0 Å². The van der Waals surface area contributed by atoms with Crippen LogP contribution in [0.3, 0.4) is 0 Å². The first-order valence-corrected chi connectivity index (χ1v) is 10.2. The molecule has 0 aromatic heterocycles. The number of hydrogen-bond donors (Lipinski definition) is 7. The molecule has 8 N–H and O–H groups in total. The highest BCUT2D eigenvalue weighted by atomic mass is 19.4. The molecule has 0 spiro atoms. The monoisotopic (exact) mass is 492 g/mol. The summed E-state index contributed by atoms with van der Waals surface area (Å²) >= 11 is 0. The van der Waals surface area contributed by atoms with Gasteiger partial charge in [0.25, 0.3) is 5.91 Å². The Morgan fingerprint density at radius 2 is 1.74 bits per heavy atom. The number of urea groups is 1. The first-order chi connectivity index (χ1) is 15.6. The standard InChI is InChI=1S/C20H27F3N4O7/c1-9(2)14(16(24)30)27-17(31)19(33)7-12(15(29)13(28)8-19)26-18(32)25-10-3-5-11(6-4-10)34-20(21,22)23/h3-6,9,12-15,28-29,33H,7-8H2,1-2H3,(H2,24,30)(H,27,31)(H2,25,26,32)/t12-,13+,14+,15+,19+/m0/s1. The Morgan fingerprint density at radius 1 is 1.15 bits per heavy atom. The number of carbonyl (C=O) groups is 3. The summed E-state index contributed by atoms with van der Waals surface area (Å²) < 4.78 is 40.4. The summed E-state index contributed by atoms with van der Waals surface area (Å²) in [5.74, 6) is -2.74. The molecule has 1 aromatic carbocycles. The van der Waals surface area contributed by atoms with Gasteiger partial charge in [0.1, 0.15) is 23.5 Å². The maximum Gasteiger partial charge on any atom is 0.573 e. The molecule has 1 saturated carbocycles. The first-order valence-electron chi connectivity index (χ1n) is 10.2. The molecule has 11 nitrogen and oxygen atoms in total. The van der Waals surface area contributed by atoms with Gasteiger partial charge in [-0.3, -0.25) is 9.59 Å². The van der Waals surface area contributed by atoms with Crippen LogP contribution in [0.25, 0.3) is 0 Å². The highest BCUT2D eigenvalue weighted by Gasteiger charge is 2.49. The van der Waals surface area contributed by atoms with Gasteiger partial charge in [0.2, 0.25) is 5.91 Å². The largest absolute Gasteiger partial charge is 0.573 e. The second-order valence-electron chi connectivity index (χ2n) is 8.37. The predicted molar refractivity (Wildman–Crippen MR) is 111 cm³/mol. The zero-order valence-electron chi connectivity index (χ0n) is 18.3. The molecule has 1 aliphatic rings. The van der Waals surface area contributed by atoms with Crippen LogP contribution in [0.5, 0.6) is 5.75 Å². The van der Waals surface area contributed by atoms with E-state index in [1.165, 1.54) is 0 Å².